The Hall–Kier alpha value is -4.41. The van der Waals surface area contributed by atoms with Crippen LogP contribution in [0.5, 0.6) is 0 Å². The molecule has 47 heavy (non-hydrogen) atoms. The normalized spacial score (nSPS) is 14.4. The number of sulfonamides is 2. The summed E-state index contributed by atoms with van der Waals surface area (Å²) in [7, 11) is -7.43. The number of hydrogen-bond acceptors (Lipinski definition) is 10. The van der Waals surface area contributed by atoms with Crippen LogP contribution in [0.1, 0.15) is 36.7 Å². The van der Waals surface area contributed by atoms with Crippen LogP contribution in [0.4, 0.5) is 28.8 Å². The average molecular weight is 680 g/mol. The van der Waals surface area contributed by atoms with Gasteiger partial charge in [-0.25, -0.2) is 26.5 Å². The number of nitrogens with zero attached hydrogens (tertiary/aromatic N) is 3. The van der Waals surface area contributed by atoms with E-state index in [1.54, 1.807) is 75.5 Å². The molecule has 2 heterocycles. The maximum absolute atomic E-state index is 13.0. The van der Waals surface area contributed by atoms with Gasteiger partial charge in [-0.3, -0.25) is 4.79 Å². The quantitative estimate of drug-likeness (QED) is 0.185. The summed E-state index contributed by atoms with van der Waals surface area (Å²) in [6.07, 6.45) is 1.63. The molecule has 5 rings (SSSR count). The lowest BCUT2D eigenvalue weighted by molar-refractivity contribution is 0.0730. The topological polar surface area (TPSA) is 172 Å². The standard InChI is InChI=1S/C32H37N7O6S2/c1-22-21-33-31(37-29(22)34-25-7-5-9-27(19-25)46(41,42)38-32(2,3)4)36-24-13-11-23(12-14-24)30(40)35-26-8-6-10-28(20-26)47(43,44)39-15-17-45-18-16-39/h5-14,19-21,38H,15-18H2,1-4H3,(H,35,40)(H2,33,34,36,37). The minimum Gasteiger partial charge on any atom is -0.379 e. The molecule has 0 aliphatic carbocycles. The number of ether oxygens (including phenoxy) is 1. The van der Waals surface area contributed by atoms with Gasteiger partial charge in [0.1, 0.15) is 5.82 Å². The number of carbonyl (C=O) groups excluding carboxylic acids is 1. The van der Waals surface area contributed by atoms with Gasteiger partial charge in [-0.05, 0) is 88.4 Å². The minimum absolute atomic E-state index is 0.0963. The Morgan fingerprint density at radius 3 is 2.15 bits per heavy atom. The molecule has 248 valence electrons. The third-order valence-corrected chi connectivity index (χ3v) is 10.6. The first-order chi connectivity index (χ1) is 22.2. The van der Waals surface area contributed by atoms with Crippen LogP contribution in [0, 0.1) is 6.92 Å². The molecule has 0 saturated carbocycles. The van der Waals surface area contributed by atoms with E-state index < -0.39 is 31.5 Å². The minimum atomic E-state index is -3.72. The summed E-state index contributed by atoms with van der Waals surface area (Å²) in [5.74, 6) is 0.360. The summed E-state index contributed by atoms with van der Waals surface area (Å²) in [6.45, 7) is 8.39. The molecule has 1 fully saturated rings. The van der Waals surface area contributed by atoms with E-state index in [9.17, 15) is 21.6 Å². The fourth-order valence-electron chi connectivity index (χ4n) is 4.68. The second-order valence-electron chi connectivity index (χ2n) is 11.9. The lowest BCUT2D eigenvalue weighted by atomic mass is 10.1. The summed E-state index contributed by atoms with van der Waals surface area (Å²) in [5.41, 5.74) is 1.98. The number of aryl methyl sites for hydroxylation is 1. The highest BCUT2D eigenvalue weighted by molar-refractivity contribution is 7.89. The molecular formula is C32H37N7O6S2. The first kappa shape index (κ1) is 33.9. The number of rotatable bonds is 10. The van der Waals surface area contributed by atoms with Crippen molar-refractivity contribution in [3.8, 4) is 0 Å². The van der Waals surface area contributed by atoms with E-state index in [1.165, 1.54) is 28.6 Å². The fraction of sp³-hybridized carbons (Fsp3) is 0.281. The number of aromatic nitrogens is 2. The Morgan fingerprint density at radius 1 is 0.830 bits per heavy atom. The highest BCUT2D eigenvalue weighted by Crippen LogP contribution is 2.25. The van der Waals surface area contributed by atoms with Crippen LogP contribution in [-0.4, -0.2) is 68.9 Å². The van der Waals surface area contributed by atoms with E-state index in [0.717, 1.165) is 5.56 Å². The number of hydrogen-bond donors (Lipinski definition) is 4. The van der Waals surface area contributed by atoms with Gasteiger partial charge in [-0.15, -0.1) is 0 Å². The first-order valence-corrected chi connectivity index (χ1v) is 17.7. The SMILES string of the molecule is Cc1cnc(Nc2ccc(C(=O)Nc3cccc(S(=O)(=O)N4CCOCC4)c3)cc2)nc1Nc1cccc(S(=O)(=O)NC(C)(C)C)c1. The molecule has 1 aliphatic heterocycles. The average Bonchev–Trinajstić information content (AvgIpc) is 3.02. The van der Waals surface area contributed by atoms with Gasteiger partial charge in [0.2, 0.25) is 26.0 Å². The van der Waals surface area contributed by atoms with Crippen molar-refractivity contribution in [1.82, 2.24) is 19.0 Å². The van der Waals surface area contributed by atoms with E-state index in [1.807, 2.05) is 6.92 Å². The molecule has 0 unspecified atom stereocenters. The van der Waals surface area contributed by atoms with Crippen molar-refractivity contribution in [1.29, 1.82) is 0 Å². The van der Waals surface area contributed by atoms with Gasteiger partial charge in [0.25, 0.3) is 5.91 Å². The molecule has 4 aromatic rings. The monoisotopic (exact) mass is 679 g/mol. The molecule has 0 radical (unpaired) electrons. The predicted molar refractivity (Wildman–Crippen MR) is 180 cm³/mol. The molecule has 1 saturated heterocycles. The number of benzene rings is 3. The molecule has 4 N–H and O–H groups in total. The molecule has 1 aromatic heterocycles. The molecule has 3 aromatic carbocycles. The highest BCUT2D eigenvalue weighted by atomic mass is 32.2. The van der Waals surface area contributed by atoms with E-state index in [-0.39, 0.29) is 28.8 Å². The summed E-state index contributed by atoms with van der Waals surface area (Å²) < 4.78 is 60.9. The van der Waals surface area contributed by atoms with E-state index in [0.29, 0.717) is 41.7 Å². The van der Waals surface area contributed by atoms with E-state index in [2.05, 4.69) is 30.6 Å². The van der Waals surface area contributed by atoms with Gasteiger partial charge >= 0.3 is 0 Å². The molecule has 0 atom stereocenters. The molecule has 0 bridgehead atoms. The molecular weight excluding hydrogens is 643 g/mol. The zero-order valence-corrected chi connectivity index (χ0v) is 28.1. The van der Waals surface area contributed by atoms with Crippen molar-refractivity contribution in [3.63, 3.8) is 0 Å². The number of anilines is 5. The van der Waals surface area contributed by atoms with Gasteiger partial charge in [0.05, 0.1) is 23.0 Å². The first-order valence-electron chi connectivity index (χ1n) is 14.8. The smallest absolute Gasteiger partial charge is 0.255 e. The Balaban J connectivity index is 1.24. The third kappa shape index (κ3) is 8.69. The molecule has 13 nitrogen and oxygen atoms in total. The van der Waals surface area contributed by atoms with Crippen molar-refractivity contribution in [3.05, 3.63) is 90.1 Å². The van der Waals surface area contributed by atoms with Crippen LogP contribution in [0.2, 0.25) is 0 Å². The number of amides is 1. The van der Waals surface area contributed by atoms with Gasteiger partial charge in [-0.2, -0.15) is 9.29 Å². The van der Waals surface area contributed by atoms with E-state index in [4.69, 9.17) is 4.74 Å². The summed E-state index contributed by atoms with van der Waals surface area (Å²) >= 11 is 0. The van der Waals surface area contributed by atoms with Crippen molar-refractivity contribution < 1.29 is 26.4 Å². The van der Waals surface area contributed by atoms with Crippen molar-refractivity contribution in [2.45, 2.75) is 43.0 Å². The molecule has 1 aliphatic rings. The maximum atomic E-state index is 13.0. The van der Waals surface area contributed by atoms with Crippen LogP contribution in [0.3, 0.4) is 0 Å². The Kier molecular flexibility index (Phi) is 9.93. The summed E-state index contributed by atoms with van der Waals surface area (Å²) in [5, 5.41) is 9.04. The zero-order valence-electron chi connectivity index (χ0n) is 26.4. The van der Waals surface area contributed by atoms with Crippen molar-refractivity contribution >= 4 is 54.8 Å². The van der Waals surface area contributed by atoms with Gasteiger partial charge in [0.15, 0.2) is 0 Å². The van der Waals surface area contributed by atoms with E-state index >= 15 is 0 Å². The largest absolute Gasteiger partial charge is 0.379 e. The molecule has 1 amide bonds. The highest BCUT2D eigenvalue weighted by Gasteiger charge is 2.27. The number of morpholine rings is 1. The second-order valence-corrected chi connectivity index (χ2v) is 15.6. The van der Waals surface area contributed by atoms with Crippen LogP contribution in [-0.2, 0) is 24.8 Å². The third-order valence-electron chi connectivity index (χ3n) is 6.92. The van der Waals surface area contributed by atoms with Gasteiger partial charge in [-0.1, -0.05) is 12.1 Å². The lowest BCUT2D eigenvalue weighted by Gasteiger charge is -2.26. The molecule has 15 heteroatoms. The second kappa shape index (κ2) is 13.8. The predicted octanol–water partition coefficient (Wildman–Crippen LogP) is 4.62. The lowest BCUT2D eigenvalue weighted by Crippen LogP contribution is -2.40. The fourth-order valence-corrected chi connectivity index (χ4v) is 7.59. The van der Waals surface area contributed by atoms with Crippen molar-refractivity contribution in [2.24, 2.45) is 0 Å². The van der Waals surface area contributed by atoms with Crippen LogP contribution in [0.15, 0.2) is 88.8 Å². The molecule has 0 spiro atoms. The van der Waals surface area contributed by atoms with Gasteiger partial charge in [0, 0.05) is 53.0 Å². The van der Waals surface area contributed by atoms with Crippen LogP contribution < -0.4 is 20.7 Å². The van der Waals surface area contributed by atoms with Gasteiger partial charge < -0.3 is 20.7 Å². The zero-order chi connectivity index (χ0) is 33.8. The Labute approximate surface area is 274 Å². The Morgan fingerprint density at radius 2 is 1.47 bits per heavy atom. The van der Waals surface area contributed by atoms with Crippen LogP contribution >= 0.6 is 0 Å². The van der Waals surface area contributed by atoms with Crippen molar-refractivity contribution in [2.75, 3.05) is 42.3 Å². The number of carbonyl (C=O) groups is 1. The maximum Gasteiger partial charge on any atom is 0.255 e. The number of nitrogens with one attached hydrogen (secondary N) is 4. The Bertz CT molecular complexity index is 1970. The summed E-state index contributed by atoms with van der Waals surface area (Å²) in [4.78, 5) is 22.1. The van der Waals surface area contributed by atoms with Crippen LogP contribution in [0.25, 0.3) is 0 Å². The summed E-state index contributed by atoms with van der Waals surface area (Å²) in [6, 6.07) is 19.2.